The Hall–Kier alpha value is -2.09. The van der Waals surface area contributed by atoms with Gasteiger partial charge in [0, 0.05) is 6.07 Å². The Morgan fingerprint density at radius 3 is 2.47 bits per heavy atom. The van der Waals surface area contributed by atoms with Crippen molar-refractivity contribution in [2.24, 2.45) is 11.7 Å². The minimum Gasteiger partial charge on any atom is -0.320 e. The first-order valence-electron chi connectivity index (χ1n) is 5.44. The summed E-state index contributed by atoms with van der Waals surface area (Å²) in [4.78, 5) is 21.4. The highest BCUT2D eigenvalue weighted by Gasteiger charge is 2.26. The lowest BCUT2D eigenvalue weighted by atomic mass is 10.0. The maximum Gasteiger partial charge on any atom is 0.296 e. The lowest BCUT2D eigenvalue weighted by molar-refractivity contribution is -0.384. The molecule has 0 saturated heterocycles. The first-order chi connectivity index (χ1) is 8.75. The molecule has 0 aromatic heterocycles. The van der Waals surface area contributed by atoms with Crippen molar-refractivity contribution in [3.05, 3.63) is 33.9 Å². The third-order valence-electron chi connectivity index (χ3n) is 2.54. The largest absolute Gasteiger partial charge is 0.320 e. The molecule has 0 aliphatic rings. The molecule has 0 saturated carbocycles. The predicted molar refractivity (Wildman–Crippen MR) is 64.5 cm³/mol. The monoisotopic (exact) mass is 273 g/mol. The van der Waals surface area contributed by atoms with E-state index in [1.807, 2.05) is 5.32 Å². The summed E-state index contributed by atoms with van der Waals surface area (Å²) in [7, 11) is 0. The van der Waals surface area contributed by atoms with Gasteiger partial charge in [-0.1, -0.05) is 13.8 Å². The van der Waals surface area contributed by atoms with E-state index in [0.29, 0.717) is 6.07 Å². The van der Waals surface area contributed by atoms with Gasteiger partial charge < -0.3 is 11.1 Å². The smallest absolute Gasteiger partial charge is 0.296 e. The molecule has 0 heterocycles. The van der Waals surface area contributed by atoms with Gasteiger partial charge in [-0.2, -0.15) is 0 Å². The highest BCUT2D eigenvalue weighted by molar-refractivity contribution is 5.96. The van der Waals surface area contributed by atoms with Crippen molar-refractivity contribution in [3.63, 3.8) is 0 Å². The van der Waals surface area contributed by atoms with Gasteiger partial charge in [0.15, 0.2) is 17.3 Å². The minimum atomic E-state index is -1.49. The number of hydrogen-bond acceptors (Lipinski definition) is 4. The standard InChI is InChI=1S/C11H13F2N3O3/c1-5(2)9(14)11(17)15-10-7(16(18)19)4-3-6(12)8(10)13/h3-5,9H,14H2,1-2H3,(H,15,17). The number of nitro groups is 1. The Kier molecular flexibility index (Phi) is 4.49. The Bertz CT molecular complexity index is 520. The van der Waals surface area contributed by atoms with Crippen LogP contribution < -0.4 is 11.1 Å². The second kappa shape index (κ2) is 5.70. The van der Waals surface area contributed by atoms with E-state index < -0.39 is 39.9 Å². The summed E-state index contributed by atoms with van der Waals surface area (Å²) in [5, 5.41) is 12.7. The molecule has 8 heteroatoms. The number of benzene rings is 1. The van der Waals surface area contributed by atoms with Gasteiger partial charge in [-0.25, -0.2) is 8.78 Å². The van der Waals surface area contributed by atoms with E-state index in [-0.39, 0.29) is 5.92 Å². The fraction of sp³-hybridized carbons (Fsp3) is 0.364. The van der Waals surface area contributed by atoms with Crippen LogP contribution in [0.1, 0.15) is 13.8 Å². The van der Waals surface area contributed by atoms with Crippen LogP contribution in [0.2, 0.25) is 0 Å². The summed E-state index contributed by atoms with van der Waals surface area (Å²) < 4.78 is 26.6. The van der Waals surface area contributed by atoms with Gasteiger partial charge >= 0.3 is 0 Å². The van der Waals surface area contributed by atoms with Crippen LogP contribution in [0.25, 0.3) is 0 Å². The molecule has 1 unspecified atom stereocenters. The van der Waals surface area contributed by atoms with E-state index in [2.05, 4.69) is 0 Å². The molecule has 104 valence electrons. The van der Waals surface area contributed by atoms with Gasteiger partial charge in [0.25, 0.3) is 5.69 Å². The number of nitrogens with one attached hydrogen (secondary N) is 1. The maximum absolute atomic E-state index is 13.5. The van der Waals surface area contributed by atoms with Gasteiger partial charge in [-0.05, 0) is 12.0 Å². The highest BCUT2D eigenvalue weighted by atomic mass is 19.2. The number of rotatable bonds is 4. The van der Waals surface area contributed by atoms with Gasteiger partial charge in [0.1, 0.15) is 0 Å². The summed E-state index contributed by atoms with van der Waals surface area (Å²) in [5.74, 6) is -3.85. The minimum absolute atomic E-state index is 0.254. The average molecular weight is 273 g/mol. The van der Waals surface area contributed by atoms with Crippen LogP contribution in [0.5, 0.6) is 0 Å². The number of carbonyl (C=O) groups is 1. The molecule has 0 fully saturated rings. The molecule has 3 N–H and O–H groups in total. The van der Waals surface area contributed by atoms with E-state index >= 15 is 0 Å². The molecular weight excluding hydrogens is 260 g/mol. The topological polar surface area (TPSA) is 98.3 Å². The summed E-state index contributed by atoms with van der Waals surface area (Å²) >= 11 is 0. The number of carbonyl (C=O) groups excluding carboxylic acids is 1. The van der Waals surface area contributed by atoms with Crippen LogP contribution in [0.15, 0.2) is 12.1 Å². The van der Waals surface area contributed by atoms with Crippen LogP contribution in [-0.4, -0.2) is 16.9 Å². The zero-order chi connectivity index (χ0) is 14.7. The van der Waals surface area contributed by atoms with E-state index in [1.165, 1.54) is 0 Å². The molecular formula is C11H13F2N3O3. The lowest BCUT2D eigenvalue weighted by Crippen LogP contribution is -2.40. The van der Waals surface area contributed by atoms with E-state index in [1.54, 1.807) is 13.8 Å². The van der Waals surface area contributed by atoms with Crippen molar-refractivity contribution in [2.75, 3.05) is 5.32 Å². The van der Waals surface area contributed by atoms with Crippen LogP contribution in [0.3, 0.4) is 0 Å². The Labute approximate surface area is 107 Å². The second-order valence-electron chi connectivity index (χ2n) is 4.27. The molecule has 0 radical (unpaired) electrons. The molecule has 0 bridgehead atoms. The summed E-state index contributed by atoms with van der Waals surface area (Å²) in [6, 6.07) is 0.405. The number of amides is 1. The zero-order valence-corrected chi connectivity index (χ0v) is 10.3. The maximum atomic E-state index is 13.5. The average Bonchev–Trinajstić information content (AvgIpc) is 2.33. The predicted octanol–water partition coefficient (Wildman–Crippen LogP) is 1.79. The molecule has 1 rings (SSSR count). The third kappa shape index (κ3) is 3.22. The van der Waals surface area contributed by atoms with Crippen LogP contribution in [0.4, 0.5) is 20.2 Å². The second-order valence-corrected chi connectivity index (χ2v) is 4.27. The first-order valence-corrected chi connectivity index (χ1v) is 5.44. The number of nitrogens with two attached hydrogens (primary N) is 1. The number of nitro benzene ring substituents is 1. The first kappa shape index (κ1) is 15.0. The summed E-state index contributed by atoms with van der Waals surface area (Å²) in [5.41, 5.74) is 3.98. The molecule has 0 aliphatic heterocycles. The van der Waals surface area contributed by atoms with Crippen molar-refractivity contribution in [1.82, 2.24) is 0 Å². The van der Waals surface area contributed by atoms with Gasteiger partial charge in [0.05, 0.1) is 11.0 Å². The van der Waals surface area contributed by atoms with Crippen molar-refractivity contribution in [3.8, 4) is 0 Å². The molecule has 1 aromatic carbocycles. The summed E-state index contributed by atoms with van der Waals surface area (Å²) in [6.07, 6.45) is 0. The molecule has 1 atom stereocenters. The lowest BCUT2D eigenvalue weighted by Gasteiger charge is -2.15. The Morgan fingerprint density at radius 1 is 1.42 bits per heavy atom. The number of anilines is 1. The van der Waals surface area contributed by atoms with E-state index in [9.17, 15) is 23.7 Å². The number of nitrogens with zero attached hydrogens (tertiary/aromatic N) is 1. The normalized spacial score (nSPS) is 12.3. The number of halogens is 2. The highest BCUT2D eigenvalue weighted by Crippen LogP contribution is 2.29. The fourth-order valence-electron chi connectivity index (χ4n) is 1.32. The van der Waals surface area contributed by atoms with E-state index in [0.717, 1.165) is 6.07 Å². The zero-order valence-electron chi connectivity index (χ0n) is 10.3. The molecule has 1 aromatic rings. The van der Waals surface area contributed by atoms with Crippen molar-refractivity contribution in [2.45, 2.75) is 19.9 Å². The van der Waals surface area contributed by atoms with Gasteiger partial charge in [-0.3, -0.25) is 14.9 Å². The van der Waals surface area contributed by atoms with Crippen LogP contribution in [0, 0.1) is 27.7 Å². The van der Waals surface area contributed by atoms with Crippen molar-refractivity contribution < 1.29 is 18.5 Å². The Morgan fingerprint density at radius 2 is 2.00 bits per heavy atom. The Balaban J connectivity index is 3.16. The van der Waals surface area contributed by atoms with Crippen LogP contribution in [-0.2, 0) is 4.79 Å². The van der Waals surface area contributed by atoms with Gasteiger partial charge in [-0.15, -0.1) is 0 Å². The van der Waals surface area contributed by atoms with Gasteiger partial charge in [0.2, 0.25) is 5.91 Å². The van der Waals surface area contributed by atoms with Crippen LogP contribution >= 0.6 is 0 Å². The molecule has 0 spiro atoms. The third-order valence-corrected chi connectivity index (χ3v) is 2.54. The summed E-state index contributed by atoms with van der Waals surface area (Å²) in [6.45, 7) is 3.31. The molecule has 1 amide bonds. The van der Waals surface area contributed by atoms with Crippen molar-refractivity contribution >= 4 is 17.3 Å². The fourth-order valence-corrected chi connectivity index (χ4v) is 1.32. The molecule has 0 aliphatic carbocycles. The van der Waals surface area contributed by atoms with E-state index in [4.69, 9.17) is 5.73 Å². The SMILES string of the molecule is CC(C)C(N)C(=O)Nc1c([N+](=O)[O-])ccc(F)c1F. The quantitative estimate of drug-likeness (QED) is 0.645. The number of hydrogen-bond donors (Lipinski definition) is 2. The molecule has 19 heavy (non-hydrogen) atoms. The molecule has 6 nitrogen and oxygen atoms in total. The van der Waals surface area contributed by atoms with Crippen molar-refractivity contribution in [1.29, 1.82) is 0 Å².